The van der Waals surface area contributed by atoms with E-state index in [0.717, 1.165) is 0 Å². The monoisotopic (exact) mass is 506 g/mol. The van der Waals surface area contributed by atoms with Gasteiger partial charge in [0.2, 0.25) is 0 Å². The first-order valence-electron chi connectivity index (χ1n) is 11.6. The third-order valence-corrected chi connectivity index (χ3v) is 7.41. The number of carbonyl (C=O) groups excluding carboxylic acids is 1. The Balaban J connectivity index is 1.91. The highest BCUT2D eigenvalue weighted by molar-refractivity contribution is 5.77. The summed E-state index contributed by atoms with van der Waals surface area (Å²) in [6, 6.07) is 18.8. The van der Waals surface area contributed by atoms with Crippen LogP contribution in [0.4, 0.5) is 0 Å². The van der Waals surface area contributed by atoms with Crippen LogP contribution >= 0.6 is 0 Å². The van der Waals surface area contributed by atoms with E-state index in [2.05, 4.69) is 0 Å². The average molecular weight is 507 g/mol. The Morgan fingerprint density at radius 2 is 1.62 bits per heavy atom. The summed E-state index contributed by atoms with van der Waals surface area (Å²) >= 11 is 0. The number of aliphatic carboxylic acids is 1. The smallest absolute Gasteiger partial charge is 0.311 e. The molecule has 0 bridgehead atoms. The molecule has 2 aliphatic rings. The van der Waals surface area contributed by atoms with Crippen LogP contribution in [0, 0.1) is 5.92 Å². The summed E-state index contributed by atoms with van der Waals surface area (Å²) < 4.78 is 28.5. The van der Waals surface area contributed by atoms with Crippen molar-refractivity contribution < 1.29 is 43.5 Å². The third kappa shape index (κ3) is 3.27. The molecule has 192 valence electrons. The Bertz CT molecular complexity index is 1320. The summed E-state index contributed by atoms with van der Waals surface area (Å²) in [5, 5.41) is 23.3. The van der Waals surface area contributed by atoms with Gasteiger partial charge in [-0.15, -0.1) is 0 Å². The summed E-state index contributed by atoms with van der Waals surface area (Å²) in [6.45, 7) is 0.152. The van der Waals surface area contributed by atoms with Gasteiger partial charge in [0.05, 0.1) is 26.9 Å². The van der Waals surface area contributed by atoms with Crippen LogP contribution in [0.5, 0.6) is 23.0 Å². The Kier molecular flexibility index (Phi) is 5.95. The van der Waals surface area contributed by atoms with E-state index >= 15 is 0 Å². The minimum Gasteiger partial charge on any atom is -0.497 e. The standard InChI is InChI=1S/C28H26O9/c1-33-18-11-9-17(10-12-18)28-23(16-7-5-4-6-8-16)22(26(30)31)25(36-15-29)27(28,32)24-20(35-3)13-19(34-2)14-21(24)37-28/h4-15,22-23,25,32H,1-3H3,(H,30,31)/t22-,23-,25-,27+,28+/m1/s1. The molecule has 1 heterocycles. The minimum atomic E-state index is -2.17. The van der Waals surface area contributed by atoms with Gasteiger partial charge in [0.25, 0.3) is 6.47 Å². The predicted octanol–water partition coefficient (Wildman–Crippen LogP) is 3.23. The fourth-order valence-corrected chi connectivity index (χ4v) is 5.99. The number of carboxylic acids is 1. The third-order valence-electron chi connectivity index (χ3n) is 7.41. The van der Waals surface area contributed by atoms with Crippen molar-refractivity contribution in [1.29, 1.82) is 0 Å². The Labute approximate surface area is 213 Å². The van der Waals surface area contributed by atoms with Crippen molar-refractivity contribution in [3.63, 3.8) is 0 Å². The second-order valence-corrected chi connectivity index (χ2v) is 8.94. The van der Waals surface area contributed by atoms with Crippen LogP contribution in [0.3, 0.4) is 0 Å². The first-order chi connectivity index (χ1) is 17.9. The molecule has 1 fully saturated rings. The van der Waals surface area contributed by atoms with E-state index in [9.17, 15) is 19.8 Å². The highest BCUT2D eigenvalue weighted by Crippen LogP contribution is 2.70. The highest BCUT2D eigenvalue weighted by Gasteiger charge is 2.79. The normalized spacial score (nSPS) is 27.4. The topological polar surface area (TPSA) is 121 Å². The molecule has 0 spiro atoms. The largest absolute Gasteiger partial charge is 0.497 e. The SMILES string of the molecule is COc1ccc([C@@]23Oc4cc(OC)cc(OC)c4[C@]2(O)[C@H](OC=O)[C@H](C(=O)O)[C@H]3c2ccccc2)cc1. The van der Waals surface area contributed by atoms with Crippen LogP contribution in [-0.4, -0.2) is 50.1 Å². The second-order valence-electron chi connectivity index (χ2n) is 8.94. The zero-order valence-electron chi connectivity index (χ0n) is 20.4. The summed E-state index contributed by atoms with van der Waals surface area (Å²) in [4.78, 5) is 24.6. The van der Waals surface area contributed by atoms with E-state index in [1.165, 1.54) is 21.3 Å². The number of methoxy groups -OCH3 is 3. The fourth-order valence-electron chi connectivity index (χ4n) is 5.99. The molecule has 1 saturated carbocycles. The van der Waals surface area contributed by atoms with Crippen molar-refractivity contribution in [1.82, 2.24) is 0 Å². The highest BCUT2D eigenvalue weighted by atomic mass is 16.6. The fraction of sp³-hybridized carbons (Fsp3) is 0.286. The lowest BCUT2D eigenvalue weighted by Crippen LogP contribution is -2.52. The Hall–Kier alpha value is -4.24. The molecule has 37 heavy (non-hydrogen) atoms. The van der Waals surface area contributed by atoms with Crippen molar-refractivity contribution in [2.75, 3.05) is 21.3 Å². The van der Waals surface area contributed by atoms with Gasteiger partial charge in [0.1, 0.15) is 28.9 Å². The van der Waals surface area contributed by atoms with Gasteiger partial charge in [-0.3, -0.25) is 9.59 Å². The number of carbonyl (C=O) groups is 2. The summed E-state index contributed by atoms with van der Waals surface area (Å²) in [5.41, 5.74) is -2.69. The van der Waals surface area contributed by atoms with E-state index < -0.39 is 35.1 Å². The van der Waals surface area contributed by atoms with Crippen LogP contribution in [-0.2, 0) is 25.5 Å². The van der Waals surface area contributed by atoms with Gasteiger partial charge in [-0.1, -0.05) is 42.5 Å². The molecule has 9 heteroatoms. The zero-order valence-corrected chi connectivity index (χ0v) is 20.4. The van der Waals surface area contributed by atoms with Crippen molar-refractivity contribution in [3.8, 4) is 23.0 Å². The predicted molar refractivity (Wildman–Crippen MR) is 130 cm³/mol. The molecule has 1 aliphatic carbocycles. The molecule has 0 radical (unpaired) electrons. The number of fused-ring (bicyclic) bond motifs is 3. The number of hydrogen-bond donors (Lipinski definition) is 2. The van der Waals surface area contributed by atoms with Gasteiger partial charge < -0.3 is 33.9 Å². The second kappa shape index (κ2) is 9.01. The Morgan fingerprint density at radius 3 is 2.19 bits per heavy atom. The lowest BCUT2D eigenvalue weighted by molar-refractivity contribution is -0.177. The van der Waals surface area contributed by atoms with Gasteiger partial charge in [-0.2, -0.15) is 0 Å². The zero-order chi connectivity index (χ0) is 26.4. The summed E-state index contributed by atoms with van der Waals surface area (Å²) in [6.07, 6.45) is -1.53. The van der Waals surface area contributed by atoms with E-state index in [1.807, 2.05) is 0 Å². The number of rotatable bonds is 8. The van der Waals surface area contributed by atoms with Gasteiger partial charge >= 0.3 is 5.97 Å². The Morgan fingerprint density at radius 1 is 0.946 bits per heavy atom. The first-order valence-corrected chi connectivity index (χ1v) is 11.6. The summed E-state index contributed by atoms with van der Waals surface area (Å²) in [7, 11) is 4.43. The molecule has 0 aromatic heterocycles. The lowest BCUT2D eigenvalue weighted by Gasteiger charge is -2.40. The maximum absolute atomic E-state index is 12.9. The molecule has 2 N–H and O–H groups in total. The molecular formula is C28H26O9. The molecule has 5 atom stereocenters. The van der Waals surface area contributed by atoms with E-state index in [1.54, 1.807) is 66.7 Å². The molecule has 0 amide bonds. The minimum absolute atomic E-state index is 0.152. The van der Waals surface area contributed by atoms with Crippen molar-refractivity contribution in [2.45, 2.75) is 23.2 Å². The average Bonchev–Trinajstić information content (AvgIpc) is 3.31. The van der Waals surface area contributed by atoms with Gasteiger partial charge in [-0.25, -0.2) is 0 Å². The van der Waals surface area contributed by atoms with Crippen molar-refractivity contribution >= 4 is 12.4 Å². The molecular weight excluding hydrogens is 480 g/mol. The van der Waals surface area contributed by atoms with Crippen molar-refractivity contribution in [3.05, 3.63) is 83.4 Å². The lowest BCUT2D eigenvalue weighted by atomic mass is 9.70. The van der Waals surface area contributed by atoms with Crippen LogP contribution < -0.4 is 18.9 Å². The molecule has 5 rings (SSSR count). The maximum atomic E-state index is 12.9. The molecule has 9 nitrogen and oxygen atoms in total. The van der Waals surface area contributed by atoms with Crippen LogP contribution in [0.1, 0.15) is 22.6 Å². The molecule has 3 aromatic carbocycles. The molecule has 1 aliphatic heterocycles. The van der Waals surface area contributed by atoms with E-state index in [4.69, 9.17) is 23.7 Å². The van der Waals surface area contributed by atoms with Crippen LogP contribution in [0.15, 0.2) is 66.7 Å². The van der Waals surface area contributed by atoms with Gasteiger partial charge in [-0.05, 0) is 23.3 Å². The van der Waals surface area contributed by atoms with Gasteiger partial charge in [0, 0.05) is 18.1 Å². The van der Waals surface area contributed by atoms with E-state index in [0.29, 0.717) is 22.6 Å². The molecule has 0 saturated heterocycles. The number of hydrogen-bond acceptors (Lipinski definition) is 8. The maximum Gasteiger partial charge on any atom is 0.311 e. The number of ether oxygens (including phenoxy) is 5. The van der Waals surface area contributed by atoms with E-state index in [-0.39, 0.29) is 23.5 Å². The molecule has 0 unspecified atom stereocenters. The van der Waals surface area contributed by atoms with Crippen LogP contribution in [0.2, 0.25) is 0 Å². The number of benzene rings is 3. The van der Waals surface area contributed by atoms with Crippen LogP contribution in [0.25, 0.3) is 0 Å². The summed E-state index contributed by atoms with van der Waals surface area (Å²) in [5.74, 6) is -2.24. The van der Waals surface area contributed by atoms with Crippen molar-refractivity contribution in [2.24, 2.45) is 5.92 Å². The quantitative estimate of drug-likeness (QED) is 0.444. The first kappa shape index (κ1) is 24.5. The van der Waals surface area contributed by atoms with Gasteiger partial charge in [0.15, 0.2) is 17.3 Å². The number of aliphatic hydroxyl groups is 1. The molecule has 3 aromatic rings. The number of carboxylic acid groups (broad SMARTS) is 1.